The third-order valence-corrected chi connectivity index (χ3v) is 4.12. The Hall–Kier alpha value is -2.93. The van der Waals surface area contributed by atoms with E-state index in [2.05, 4.69) is 0 Å². The molecule has 0 N–H and O–H groups in total. The zero-order valence-electron chi connectivity index (χ0n) is 14.0. The molecule has 1 aliphatic heterocycles. The van der Waals surface area contributed by atoms with E-state index in [1.807, 2.05) is 0 Å². The molecule has 3 rings (SSSR count). The molecule has 7 heteroatoms. The van der Waals surface area contributed by atoms with Crippen molar-refractivity contribution in [2.24, 2.45) is 0 Å². The normalized spacial score (nSPS) is 13.3. The number of methoxy groups -OCH3 is 1. The van der Waals surface area contributed by atoms with Gasteiger partial charge < -0.3 is 14.1 Å². The van der Waals surface area contributed by atoms with Crippen molar-refractivity contribution < 1.29 is 23.5 Å². The van der Waals surface area contributed by atoms with Crippen LogP contribution in [-0.2, 0) is 11.3 Å². The van der Waals surface area contributed by atoms with Crippen LogP contribution in [-0.4, -0.2) is 54.8 Å². The number of benzene rings is 1. The molecule has 0 fully saturated rings. The monoisotopic (exact) mass is 342 g/mol. The summed E-state index contributed by atoms with van der Waals surface area (Å²) in [5, 5.41) is 0. The summed E-state index contributed by atoms with van der Waals surface area (Å²) in [6.45, 7) is 1.04. The first-order valence-corrected chi connectivity index (χ1v) is 7.80. The highest BCUT2D eigenvalue weighted by atomic mass is 16.5. The van der Waals surface area contributed by atoms with Crippen LogP contribution in [0.1, 0.15) is 36.8 Å². The Bertz CT molecular complexity index is 813. The fraction of sp³-hybridized carbons (Fsp3) is 0.278. The van der Waals surface area contributed by atoms with Gasteiger partial charge in [-0.2, -0.15) is 0 Å². The highest BCUT2D eigenvalue weighted by Gasteiger charge is 2.33. The Morgan fingerprint density at radius 2 is 1.96 bits per heavy atom. The molecule has 1 aromatic carbocycles. The van der Waals surface area contributed by atoms with Crippen molar-refractivity contribution in [3.8, 4) is 0 Å². The molecule has 0 unspecified atom stereocenters. The van der Waals surface area contributed by atoms with E-state index < -0.39 is 5.91 Å². The Labute approximate surface area is 144 Å². The molecule has 1 aromatic heterocycles. The van der Waals surface area contributed by atoms with Gasteiger partial charge in [-0.05, 0) is 30.3 Å². The van der Waals surface area contributed by atoms with Crippen LogP contribution in [0.5, 0.6) is 0 Å². The Balaban J connectivity index is 1.87. The van der Waals surface area contributed by atoms with E-state index >= 15 is 0 Å². The maximum Gasteiger partial charge on any atom is 0.261 e. The second kappa shape index (κ2) is 6.90. The third kappa shape index (κ3) is 3.18. The molecule has 25 heavy (non-hydrogen) atoms. The minimum atomic E-state index is -0.399. The molecule has 0 saturated carbocycles. The van der Waals surface area contributed by atoms with Crippen LogP contribution in [0.2, 0.25) is 0 Å². The maximum absolute atomic E-state index is 12.9. The van der Waals surface area contributed by atoms with E-state index in [1.54, 1.807) is 36.5 Å². The minimum Gasteiger partial charge on any atom is -0.467 e. The van der Waals surface area contributed by atoms with Gasteiger partial charge in [0.1, 0.15) is 5.76 Å². The molecule has 1 aliphatic rings. The third-order valence-electron chi connectivity index (χ3n) is 4.12. The van der Waals surface area contributed by atoms with E-state index in [-0.39, 0.29) is 17.4 Å². The van der Waals surface area contributed by atoms with Crippen LogP contribution in [0, 0.1) is 0 Å². The summed E-state index contributed by atoms with van der Waals surface area (Å²) in [7, 11) is 2.99. The molecular formula is C18H18N2O5. The summed E-state index contributed by atoms with van der Waals surface area (Å²) in [4.78, 5) is 39.6. The molecule has 0 aliphatic carbocycles. The predicted octanol–water partition coefficient (Wildman–Crippen LogP) is 1.79. The largest absolute Gasteiger partial charge is 0.467 e. The number of rotatable bonds is 6. The highest BCUT2D eigenvalue weighted by molar-refractivity contribution is 6.21. The first kappa shape index (κ1) is 16.9. The van der Waals surface area contributed by atoms with Crippen LogP contribution < -0.4 is 0 Å². The van der Waals surface area contributed by atoms with Crippen molar-refractivity contribution in [1.82, 2.24) is 9.80 Å². The van der Waals surface area contributed by atoms with Crippen LogP contribution in [0.3, 0.4) is 0 Å². The topological polar surface area (TPSA) is 80.1 Å². The van der Waals surface area contributed by atoms with Gasteiger partial charge in [-0.25, -0.2) is 0 Å². The zero-order valence-corrected chi connectivity index (χ0v) is 14.0. The number of fused-ring (bicyclic) bond motifs is 1. The van der Waals surface area contributed by atoms with Crippen molar-refractivity contribution in [2.45, 2.75) is 6.54 Å². The van der Waals surface area contributed by atoms with Gasteiger partial charge in [0, 0.05) is 26.3 Å². The fourth-order valence-corrected chi connectivity index (χ4v) is 2.72. The van der Waals surface area contributed by atoms with Crippen LogP contribution in [0.4, 0.5) is 0 Å². The van der Waals surface area contributed by atoms with E-state index in [4.69, 9.17) is 9.15 Å². The minimum absolute atomic E-state index is 0.253. The molecule has 0 spiro atoms. The number of amides is 3. The lowest BCUT2D eigenvalue weighted by molar-refractivity contribution is 0.0665. The van der Waals surface area contributed by atoms with Crippen molar-refractivity contribution in [3.63, 3.8) is 0 Å². The summed E-state index contributed by atoms with van der Waals surface area (Å²) >= 11 is 0. The van der Waals surface area contributed by atoms with E-state index in [9.17, 15) is 14.4 Å². The predicted molar refractivity (Wildman–Crippen MR) is 88.2 cm³/mol. The molecule has 130 valence electrons. The number of carbonyl (C=O) groups is 3. The second-order valence-electron chi connectivity index (χ2n) is 5.73. The van der Waals surface area contributed by atoms with Crippen LogP contribution >= 0.6 is 0 Å². The smallest absolute Gasteiger partial charge is 0.261 e. The number of furan rings is 1. The van der Waals surface area contributed by atoms with Gasteiger partial charge in [-0.15, -0.1) is 0 Å². The lowest BCUT2D eigenvalue weighted by Crippen LogP contribution is -2.33. The van der Waals surface area contributed by atoms with Gasteiger partial charge in [0.15, 0.2) is 0 Å². The summed E-state index contributed by atoms with van der Waals surface area (Å²) in [6, 6.07) is 8.10. The summed E-state index contributed by atoms with van der Waals surface area (Å²) < 4.78 is 10.4. The number of hydrogen-bond donors (Lipinski definition) is 0. The van der Waals surface area contributed by atoms with Crippen molar-refractivity contribution in [1.29, 1.82) is 0 Å². The maximum atomic E-state index is 12.9. The van der Waals surface area contributed by atoms with Gasteiger partial charge in [0.2, 0.25) is 0 Å². The highest BCUT2D eigenvalue weighted by Crippen LogP contribution is 2.23. The Morgan fingerprint density at radius 3 is 2.64 bits per heavy atom. The number of carbonyl (C=O) groups excluding carboxylic acids is 3. The summed E-state index contributed by atoms with van der Waals surface area (Å²) in [6.07, 6.45) is 1.55. The Morgan fingerprint density at radius 1 is 1.20 bits per heavy atom. The van der Waals surface area contributed by atoms with E-state index in [1.165, 1.54) is 19.2 Å². The van der Waals surface area contributed by atoms with Gasteiger partial charge in [0.25, 0.3) is 17.7 Å². The number of imide groups is 1. The first-order chi connectivity index (χ1) is 12.0. The SMILES string of the molecule is COCCN(Cc1ccco1)C(=O)c1ccc2c(c1)C(=O)N(C)C2=O. The molecule has 3 amide bonds. The molecule has 0 radical (unpaired) electrons. The van der Waals surface area contributed by atoms with E-state index in [0.29, 0.717) is 36.6 Å². The average Bonchev–Trinajstić information content (AvgIpc) is 3.21. The molecule has 2 aromatic rings. The Kier molecular flexibility index (Phi) is 4.67. The van der Waals surface area contributed by atoms with Gasteiger partial charge in [-0.1, -0.05) is 0 Å². The number of nitrogens with zero attached hydrogens (tertiary/aromatic N) is 2. The second-order valence-corrected chi connectivity index (χ2v) is 5.73. The summed E-state index contributed by atoms with van der Waals surface area (Å²) in [5.41, 5.74) is 0.916. The zero-order chi connectivity index (χ0) is 18.0. The summed E-state index contributed by atoms with van der Waals surface area (Å²) in [5.74, 6) is -0.363. The fourth-order valence-electron chi connectivity index (χ4n) is 2.72. The molecule has 7 nitrogen and oxygen atoms in total. The van der Waals surface area contributed by atoms with Crippen molar-refractivity contribution >= 4 is 17.7 Å². The lowest BCUT2D eigenvalue weighted by atomic mass is 10.0. The lowest BCUT2D eigenvalue weighted by Gasteiger charge is -2.21. The average molecular weight is 342 g/mol. The van der Waals surface area contributed by atoms with E-state index in [0.717, 1.165) is 4.90 Å². The quantitative estimate of drug-likeness (QED) is 0.748. The molecule has 2 heterocycles. The first-order valence-electron chi connectivity index (χ1n) is 7.80. The molecular weight excluding hydrogens is 324 g/mol. The van der Waals surface area contributed by atoms with Gasteiger partial charge in [-0.3, -0.25) is 19.3 Å². The number of hydrogen-bond acceptors (Lipinski definition) is 5. The molecule has 0 saturated heterocycles. The van der Waals surface area contributed by atoms with Crippen LogP contribution in [0.15, 0.2) is 41.0 Å². The van der Waals surface area contributed by atoms with Gasteiger partial charge >= 0.3 is 0 Å². The molecule has 0 bridgehead atoms. The van der Waals surface area contributed by atoms with Crippen molar-refractivity contribution in [3.05, 3.63) is 59.0 Å². The standard InChI is InChI=1S/C18H18N2O5/c1-19-17(22)14-6-5-12(10-15(14)18(19)23)16(21)20(7-9-24-2)11-13-4-3-8-25-13/h3-6,8,10H,7,9,11H2,1-2H3. The van der Waals surface area contributed by atoms with Crippen molar-refractivity contribution in [2.75, 3.05) is 27.3 Å². The van der Waals surface area contributed by atoms with Crippen LogP contribution in [0.25, 0.3) is 0 Å². The molecule has 0 atom stereocenters. The number of ether oxygens (including phenoxy) is 1. The van der Waals surface area contributed by atoms with Gasteiger partial charge in [0.05, 0.1) is 30.5 Å².